The predicted octanol–water partition coefficient (Wildman–Crippen LogP) is 2.49. The molecule has 0 spiro atoms. The topological polar surface area (TPSA) is 92.5 Å². The highest BCUT2D eigenvalue weighted by atomic mass is 16.5. The van der Waals surface area contributed by atoms with Gasteiger partial charge in [-0.25, -0.2) is 9.59 Å². The molecule has 6 nitrogen and oxygen atoms in total. The fourth-order valence-corrected chi connectivity index (χ4v) is 2.21. The van der Waals surface area contributed by atoms with Gasteiger partial charge in [-0.05, 0) is 31.2 Å². The summed E-state index contributed by atoms with van der Waals surface area (Å²) in [6.07, 6.45) is 1.62. The second-order valence-corrected chi connectivity index (χ2v) is 4.84. The number of esters is 1. The average Bonchev–Trinajstić information content (AvgIpc) is 3.03. The molecule has 6 heteroatoms. The van der Waals surface area contributed by atoms with E-state index in [0.29, 0.717) is 27.8 Å². The number of phenolic OH excluding ortho intramolecular Hbond substituents is 1. The Bertz CT molecular complexity index is 893. The van der Waals surface area contributed by atoms with Gasteiger partial charge in [0, 0.05) is 28.8 Å². The van der Waals surface area contributed by atoms with E-state index >= 15 is 0 Å². The molecular formula is C16H13NO5. The number of ether oxygens (including phenoxy) is 1. The third-order valence-electron chi connectivity index (χ3n) is 3.39. The lowest BCUT2D eigenvalue weighted by Crippen LogP contribution is -2.08. The van der Waals surface area contributed by atoms with Gasteiger partial charge in [0.1, 0.15) is 23.6 Å². The quantitative estimate of drug-likeness (QED) is 0.572. The maximum Gasteiger partial charge on any atom is 0.355 e. The van der Waals surface area contributed by atoms with Crippen molar-refractivity contribution in [3.8, 4) is 5.75 Å². The lowest BCUT2D eigenvalue weighted by molar-refractivity contribution is 0.0467. The number of phenols is 1. The average molecular weight is 299 g/mol. The summed E-state index contributed by atoms with van der Waals surface area (Å²) >= 11 is 0. The molecule has 0 saturated carbocycles. The number of fused-ring (bicyclic) bond motifs is 1. The van der Waals surface area contributed by atoms with Crippen molar-refractivity contribution in [1.82, 2.24) is 4.98 Å². The first-order valence-corrected chi connectivity index (χ1v) is 6.62. The molecule has 1 aromatic carbocycles. The summed E-state index contributed by atoms with van der Waals surface area (Å²) in [5.74, 6) is -0.474. The lowest BCUT2D eigenvalue weighted by atomic mass is 10.1. The molecule has 0 fully saturated rings. The summed E-state index contributed by atoms with van der Waals surface area (Å²) in [5, 5.41) is 10.3. The molecule has 0 saturated heterocycles. The van der Waals surface area contributed by atoms with Gasteiger partial charge >= 0.3 is 11.6 Å². The number of hydrogen-bond acceptors (Lipinski definition) is 5. The number of rotatable bonds is 3. The van der Waals surface area contributed by atoms with Gasteiger partial charge in [-0.15, -0.1) is 0 Å². The molecule has 0 aliphatic heterocycles. The van der Waals surface area contributed by atoms with Crippen LogP contribution in [0.4, 0.5) is 0 Å². The second-order valence-electron chi connectivity index (χ2n) is 4.84. The van der Waals surface area contributed by atoms with E-state index in [1.165, 1.54) is 12.1 Å². The number of carbonyl (C=O) groups excluding carboxylic acids is 1. The molecule has 2 N–H and O–H groups in total. The van der Waals surface area contributed by atoms with Gasteiger partial charge in [-0.2, -0.15) is 0 Å². The minimum Gasteiger partial charge on any atom is -0.508 e. The molecule has 3 aromatic rings. The molecular weight excluding hydrogens is 286 g/mol. The number of aromatic amines is 1. The van der Waals surface area contributed by atoms with Crippen molar-refractivity contribution in [1.29, 1.82) is 0 Å². The Hall–Kier alpha value is -3.02. The van der Waals surface area contributed by atoms with Crippen molar-refractivity contribution < 1.29 is 19.1 Å². The molecule has 3 rings (SSSR count). The highest BCUT2D eigenvalue weighted by molar-refractivity contribution is 5.88. The van der Waals surface area contributed by atoms with Crippen LogP contribution in [0.2, 0.25) is 0 Å². The smallest absolute Gasteiger partial charge is 0.355 e. The highest BCUT2D eigenvalue weighted by Crippen LogP contribution is 2.27. The Morgan fingerprint density at radius 1 is 1.36 bits per heavy atom. The number of benzene rings is 1. The maximum absolute atomic E-state index is 11.8. The van der Waals surface area contributed by atoms with E-state index in [0.717, 1.165) is 0 Å². The number of H-pyrrole nitrogens is 1. The Balaban J connectivity index is 1.95. The fraction of sp³-hybridized carbons (Fsp3) is 0.125. The van der Waals surface area contributed by atoms with Crippen LogP contribution in [0, 0.1) is 6.92 Å². The van der Waals surface area contributed by atoms with Crippen LogP contribution < -0.4 is 5.63 Å². The zero-order chi connectivity index (χ0) is 15.7. The lowest BCUT2D eigenvalue weighted by Gasteiger charge is -2.08. The van der Waals surface area contributed by atoms with Crippen molar-refractivity contribution >= 4 is 16.9 Å². The van der Waals surface area contributed by atoms with Crippen molar-refractivity contribution in [2.45, 2.75) is 13.5 Å². The van der Waals surface area contributed by atoms with Crippen LogP contribution in [-0.4, -0.2) is 16.1 Å². The third-order valence-corrected chi connectivity index (χ3v) is 3.39. The summed E-state index contributed by atoms with van der Waals surface area (Å²) < 4.78 is 10.3. The molecule has 22 heavy (non-hydrogen) atoms. The second kappa shape index (κ2) is 5.40. The molecule has 0 amide bonds. The number of aromatic hydroxyl groups is 1. The van der Waals surface area contributed by atoms with Gasteiger partial charge in [0.2, 0.25) is 0 Å². The predicted molar refractivity (Wildman–Crippen MR) is 78.8 cm³/mol. The summed E-state index contributed by atoms with van der Waals surface area (Å²) in [6, 6.07) is 7.70. The van der Waals surface area contributed by atoms with Gasteiger partial charge in [0.05, 0.1) is 0 Å². The van der Waals surface area contributed by atoms with E-state index in [9.17, 15) is 14.7 Å². The molecule has 0 aliphatic rings. The van der Waals surface area contributed by atoms with Crippen LogP contribution in [-0.2, 0) is 11.3 Å². The monoisotopic (exact) mass is 299 g/mol. The largest absolute Gasteiger partial charge is 0.508 e. The Labute approximate surface area is 125 Å². The summed E-state index contributed by atoms with van der Waals surface area (Å²) in [7, 11) is 0. The molecule has 2 heterocycles. The van der Waals surface area contributed by atoms with Gasteiger partial charge < -0.3 is 19.2 Å². The van der Waals surface area contributed by atoms with Gasteiger partial charge in [0.15, 0.2) is 0 Å². The van der Waals surface area contributed by atoms with E-state index < -0.39 is 11.6 Å². The van der Waals surface area contributed by atoms with Gasteiger partial charge in [0.25, 0.3) is 0 Å². The number of carbonyl (C=O) groups is 1. The Kier molecular flexibility index (Phi) is 3.42. The van der Waals surface area contributed by atoms with Crippen LogP contribution in [0.15, 0.2) is 45.7 Å². The minimum atomic E-state index is -0.563. The van der Waals surface area contributed by atoms with Crippen LogP contribution >= 0.6 is 0 Å². The minimum absolute atomic E-state index is 0.0381. The standard InChI is InChI=1S/C16H13NO5/c1-9-13(18)5-4-11-10(7-14(19)22-15(9)11)8-21-16(20)12-3-2-6-17-12/h2-7,17-18H,8H2,1H3. The Morgan fingerprint density at radius 2 is 2.18 bits per heavy atom. The van der Waals surface area contributed by atoms with E-state index in [4.69, 9.17) is 9.15 Å². The van der Waals surface area contributed by atoms with Crippen molar-refractivity contribution in [3.05, 3.63) is 63.8 Å². The normalized spacial score (nSPS) is 10.8. The fourth-order valence-electron chi connectivity index (χ4n) is 2.21. The summed E-state index contributed by atoms with van der Waals surface area (Å²) in [6.45, 7) is 1.58. The zero-order valence-corrected chi connectivity index (χ0v) is 11.8. The molecule has 0 unspecified atom stereocenters. The van der Waals surface area contributed by atoms with E-state index in [2.05, 4.69) is 4.98 Å². The van der Waals surface area contributed by atoms with Gasteiger partial charge in [-0.3, -0.25) is 0 Å². The highest BCUT2D eigenvalue weighted by Gasteiger charge is 2.13. The first-order chi connectivity index (χ1) is 10.6. The maximum atomic E-state index is 11.8. The third kappa shape index (κ3) is 2.46. The van der Waals surface area contributed by atoms with Crippen LogP contribution in [0.5, 0.6) is 5.75 Å². The van der Waals surface area contributed by atoms with Crippen LogP contribution in [0.25, 0.3) is 11.0 Å². The summed E-state index contributed by atoms with van der Waals surface area (Å²) in [4.78, 5) is 26.2. The zero-order valence-electron chi connectivity index (χ0n) is 11.8. The van der Waals surface area contributed by atoms with Crippen molar-refractivity contribution in [3.63, 3.8) is 0 Å². The number of aryl methyl sites for hydroxylation is 1. The van der Waals surface area contributed by atoms with E-state index in [-0.39, 0.29) is 12.4 Å². The molecule has 0 radical (unpaired) electrons. The van der Waals surface area contributed by atoms with Crippen molar-refractivity contribution in [2.75, 3.05) is 0 Å². The van der Waals surface area contributed by atoms with Crippen molar-refractivity contribution in [2.24, 2.45) is 0 Å². The Morgan fingerprint density at radius 3 is 2.91 bits per heavy atom. The molecule has 0 bridgehead atoms. The van der Waals surface area contributed by atoms with E-state index in [1.807, 2.05) is 0 Å². The molecule has 0 aliphatic carbocycles. The molecule has 0 atom stereocenters. The first-order valence-electron chi connectivity index (χ1n) is 6.62. The number of aromatic nitrogens is 1. The number of nitrogens with one attached hydrogen (secondary N) is 1. The summed E-state index contributed by atoms with van der Waals surface area (Å²) in [5.41, 5.74) is 1.05. The van der Waals surface area contributed by atoms with Gasteiger partial charge in [-0.1, -0.05) is 0 Å². The molecule has 2 aromatic heterocycles. The van der Waals surface area contributed by atoms with Crippen LogP contribution in [0.1, 0.15) is 21.6 Å². The first kappa shape index (κ1) is 13.9. The van der Waals surface area contributed by atoms with Crippen LogP contribution in [0.3, 0.4) is 0 Å². The SMILES string of the molecule is Cc1c(O)ccc2c(COC(=O)c3ccc[nH]3)cc(=O)oc12. The number of hydrogen-bond donors (Lipinski definition) is 2. The molecule has 112 valence electrons. The van der Waals surface area contributed by atoms with E-state index in [1.54, 1.807) is 31.3 Å².